The van der Waals surface area contributed by atoms with E-state index in [0.29, 0.717) is 16.5 Å². The van der Waals surface area contributed by atoms with Crippen molar-refractivity contribution in [2.45, 2.75) is 13.1 Å². The molecule has 0 aliphatic carbocycles. The highest BCUT2D eigenvalue weighted by molar-refractivity contribution is 7.12. The molecule has 4 rings (SSSR count). The Hall–Kier alpha value is -3.73. The average molecular weight is 459 g/mol. The van der Waals surface area contributed by atoms with Crippen molar-refractivity contribution in [1.82, 2.24) is 14.8 Å². The van der Waals surface area contributed by atoms with E-state index in [9.17, 15) is 18.0 Å². The van der Waals surface area contributed by atoms with Crippen molar-refractivity contribution in [1.29, 1.82) is 0 Å². The van der Waals surface area contributed by atoms with Crippen molar-refractivity contribution in [3.8, 4) is 22.1 Å². The molecule has 4 aromatic rings. The van der Waals surface area contributed by atoms with Crippen LogP contribution in [0.4, 0.5) is 24.5 Å². The largest absolute Gasteiger partial charge is 0.497 e. The smallest absolute Gasteiger partial charge is 0.416 e. The summed E-state index contributed by atoms with van der Waals surface area (Å²) in [6.45, 7) is 1.62. The summed E-state index contributed by atoms with van der Waals surface area (Å²) in [5.74, 6) is 0.719. The molecule has 1 N–H and O–H groups in total. The fourth-order valence-electron chi connectivity index (χ4n) is 2.90. The summed E-state index contributed by atoms with van der Waals surface area (Å²) in [4.78, 5) is 17.3. The molecule has 11 heteroatoms. The first-order valence-corrected chi connectivity index (χ1v) is 10.1. The molecule has 7 nitrogen and oxygen atoms in total. The van der Waals surface area contributed by atoms with Crippen LogP contribution < -0.4 is 10.3 Å². The van der Waals surface area contributed by atoms with Crippen LogP contribution in [-0.4, -0.2) is 21.9 Å². The number of H-pyrrole nitrogens is 1. The van der Waals surface area contributed by atoms with Crippen LogP contribution in [0.2, 0.25) is 0 Å². The Morgan fingerprint density at radius 2 is 1.88 bits per heavy atom. The Morgan fingerprint density at radius 1 is 1.12 bits per heavy atom. The summed E-state index contributed by atoms with van der Waals surface area (Å²) in [5, 5.41) is 12.8. The zero-order valence-electron chi connectivity index (χ0n) is 16.8. The molecular formula is C21H16F3N5O2S. The van der Waals surface area contributed by atoms with E-state index in [0.717, 1.165) is 23.4 Å². The monoisotopic (exact) mass is 459 g/mol. The van der Waals surface area contributed by atoms with Crippen LogP contribution in [0.15, 0.2) is 68.9 Å². The van der Waals surface area contributed by atoms with Gasteiger partial charge in [-0.05, 0) is 49.4 Å². The molecule has 0 fully saturated rings. The fourth-order valence-corrected chi connectivity index (χ4v) is 3.69. The number of aryl methyl sites for hydroxylation is 1. The van der Waals surface area contributed by atoms with Gasteiger partial charge >= 0.3 is 11.7 Å². The summed E-state index contributed by atoms with van der Waals surface area (Å²) in [5.41, 5.74) is 0.575. The van der Waals surface area contributed by atoms with Gasteiger partial charge in [-0.25, -0.2) is 4.98 Å². The van der Waals surface area contributed by atoms with Gasteiger partial charge in [0.2, 0.25) is 5.13 Å². The molecule has 2 aromatic heterocycles. The predicted octanol–water partition coefficient (Wildman–Crippen LogP) is 6.04. The number of methoxy groups -OCH3 is 1. The van der Waals surface area contributed by atoms with E-state index in [1.807, 2.05) is 29.6 Å². The molecule has 0 amide bonds. The van der Waals surface area contributed by atoms with Crippen LogP contribution >= 0.6 is 11.3 Å². The van der Waals surface area contributed by atoms with E-state index in [1.54, 1.807) is 14.0 Å². The van der Waals surface area contributed by atoms with E-state index >= 15 is 0 Å². The van der Waals surface area contributed by atoms with Crippen molar-refractivity contribution in [2.24, 2.45) is 10.2 Å². The van der Waals surface area contributed by atoms with Crippen LogP contribution in [0.3, 0.4) is 0 Å². The van der Waals surface area contributed by atoms with Crippen LogP contribution in [0, 0.1) is 6.92 Å². The summed E-state index contributed by atoms with van der Waals surface area (Å²) in [6, 6.07) is 11.8. The molecule has 2 heterocycles. The Bertz CT molecular complexity index is 1340. The number of ether oxygens (including phenoxy) is 1. The second kappa shape index (κ2) is 8.42. The lowest BCUT2D eigenvalue weighted by molar-refractivity contribution is -0.137. The highest BCUT2D eigenvalue weighted by atomic mass is 32.1. The van der Waals surface area contributed by atoms with E-state index < -0.39 is 17.3 Å². The minimum absolute atomic E-state index is 0.0105. The number of thiazole rings is 1. The Labute approximate surface area is 183 Å². The number of halogens is 3. The number of azo groups is 1. The molecule has 0 saturated heterocycles. The second-order valence-corrected chi connectivity index (χ2v) is 7.55. The summed E-state index contributed by atoms with van der Waals surface area (Å²) >= 11 is 1.25. The third kappa shape index (κ3) is 4.33. The van der Waals surface area contributed by atoms with Gasteiger partial charge in [0.15, 0.2) is 5.69 Å². The summed E-state index contributed by atoms with van der Waals surface area (Å²) in [7, 11) is 1.58. The molecule has 2 aromatic carbocycles. The molecular weight excluding hydrogens is 443 g/mol. The number of hydrogen-bond acceptors (Lipinski definition) is 6. The van der Waals surface area contributed by atoms with E-state index in [-0.39, 0.29) is 11.4 Å². The van der Waals surface area contributed by atoms with Gasteiger partial charge in [-0.15, -0.1) is 16.5 Å². The van der Waals surface area contributed by atoms with Crippen LogP contribution in [0.5, 0.6) is 5.75 Å². The first-order valence-electron chi connectivity index (χ1n) is 9.27. The summed E-state index contributed by atoms with van der Waals surface area (Å²) < 4.78 is 45.0. The molecule has 164 valence electrons. The average Bonchev–Trinajstić information content (AvgIpc) is 3.37. The van der Waals surface area contributed by atoms with Crippen LogP contribution in [0.1, 0.15) is 11.3 Å². The van der Waals surface area contributed by atoms with Crippen molar-refractivity contribution in [3.05, 3.63) is 75.5 Å². The lowest BCUT2D eigenvalue weighted by atomic mass is 10.2. The van der Waals surface area contributed by atoms with Crippen molar-refractivity contribution < 1.29 is 17.9 Å². The van der Waals surface area contributed by atoms with Gasteiger partial charge < -0.3 is 4.74 Å². The number of aromatic nitrogens is 3. The fraction of sp³-hybridized carbons (Fsp3) is 0.143. The minimum atomic E-state index is -4.49. The molecule has 0 radical (unpaired) electrons. The number of nitrogens with zero attached hydrogens (tertiary/aromatic N) is 4. The maximum Gasteiger partial charge on any atom is 0.416 e. The maximum atomic E-state index is 12.9. The Kier molecular flexibility index (Phi) is 5.66. The van der Waals surface area contributed by atoms with Crippen molar-refractivity contribution in [2.75, 3.05) is 7.11 Å². The Morgan fingerprint density at radius 3 is 2.56 bits per heavy atom. The van der Waals surface area contributed by atoms with Gasteiger partial charge in [0.25, 0.3) is 0 Å². The maximum absolute atomic E-state index is 12.9. The van der Waals surface area contributed by atoms with Gasteiger partial charge in [0.1, 0.15) is 5.75 Å². The normalized spacial score (nSPS) is 11.9. The molecule has 0 aliphatic heterocycles. The number of hydrogen-bond donors (Lipinski definition) is 1. The van der Waals surface area contributed by atoms with Crippen molar-refractivity contribution in [3.63, 3.8) is 0 Å². The highest BCUT2D eigenvalue weighted by Crippen LogP contribution is 2.32. The number of nitrogens with one attached hydrogen (secondary N) is 1. The van der Waals surface area contributed by atoms with Crippen molar-refractivity contribution >= 4 is 22.7 Å². The molecule has 0 aliphatic rings. The zero-order valence-corrected chi connectivity index (χ0v) is 17.7. The highest BCUT2D eigenvalue weighted by Gasteiger charge is 2.30. The van der Waals surface area contributed by atoms with E-state index in [1.165, 1.54) is 28.2 Å². The SMILES string of the molecule is COc1ccc(-c2csc(-n3[nH]c(C)c(N=Nc4cccc(C(F)(F)F)c4)c3=O)n2)cc1. The van der Waals surface area contributed by atoms with Crippen LogP contribution in [-0.2, 0) is 6.18 Å². The lowest BCUT2D eigenvalue weighted by Gasteiger charge is -2.05. The molecule has 0 saturated carbocycles. The molecule has 0 unspecified atom stereocenters. The minimum Gasteiger partial charge on any atom is -0.497 e. The first-order chi connectivity index (χ1) is 15.3. The van der Waals surface area contributed by atoms with Gasteiger partial charge in [-0.2, -0.15) is 23.0 Å². The zero-order chi connectivity index (χ0) is 22.9. The molecule has 32 heavy (non-hydrogen) atoms. The molecule has 0 bridgehead atoms. The third-order valence-corrected chi connectivity index (χ3v) is 5.37. The van der Waals surface area contributed by atoms with Gasteiger partial charge in [0.05, 0.1) is 29.7 Å². The van der Waals surface area contributed by atoms with Gasteiger partial charge in [0, 0.05) is 10.9 Å². The van der Waals surface area contributed by atoms with Crippen LogP contribution in [0.25, 0.3) is 16.4 Å². The van der Waals surface area contributed by atoms with Gasteiger partial charge in [-0.3, -0.25) is 9.89 Å². The van der Waals surface area contributed by atoms with Gasteiger partial charge in [-0.1, -0.05) is 6.07 Å². The lowest BCUT2D eigenvalue weighted by Crippen LogP contribution is -2.13. The topological polar surface area (TPSA) is 84.6 Å². The van der Waals surface area contributed by atoms with E-state index in [2.05, 4.69) is 20.3 Å². The number of alkyl halides is 3. The summed E-state index contributed by atoms with van der Waals surface area (Å²) in [6.07, 6.45) is -4.49. The first kappa shape index (κ1) is 21.5. The Balaban J connectivity index is 1.62. The second-order valence-electron chi connectivity index (χ2n) is 6.72. The predicted molar refractivity (Wildman–Crippen MR) is 114 cm³/mol. The standard InChI is InChI=1S/C21H16F3N5O2S/c1-12-18(27-26-15-5-3-4-14(10-15)21(22,23)24)19(30)29(28-12)20-25-17(11-32-20)13-6-8-16(31-2)9-7-13/h3-11,28H,1-2H3. The van der Waals surface area contributed by atoms with E-state index in [4.69, 9.17) is 4.74 Å². The quantitative estimate of drug-likeness (QED) is 0.369. The number of benzene rings is 2. The number of rotatable bonds is 5. The molecule has 0 spiro atoms. The number of aromatic amines is 1. The molecule has 0 atom stereocenters. The third-order valence-electron chi connectivity index (χ3n) is 4.55.